The third-order valence-electron chi connectivity index (χ3n) is 5.07. The van der Waals surface area contributed by atoms with Gasteiger partial charge in [-0.1, -0.05) is 61.9 Å². The molecule has 164 valence electrons. The molecule has 0 fully saturated rings. The first-order valence-corrected chi connectivity index (χ1v) is 10.4. The minimum absolute atomic E-state index is 0.348. The van der Waals surface area contributed by atoms with Crippen molar-refractivity contribution in [2.75, 3.05) is 19.6 Å². The van der Waals surface area contributed by atoms with Crippen molar-refractivity contribution in [3.8, 4) is 0 Å². The Morgan fingerprint density at radius 2 is 1.65 bits per heavy atom. The Morgan fingerprint density at radius 1 is 1.03 bits per heavy atom. The molecule has 0 amide bonds. The zero-order valence-electron chi connectivity index (χ0n) is 18.3. The van der Waals surface area contributed by atoms with Crippen molar-refractivity contribution >= 4 is 17.7 Å². The molecule has 1 heterocycles. The van der Waals surface area contributed by atoms with E-state index < -0.39 is 11.9 Å². The topological polar surface area (TPSA) is 90.2 Å². The van der Waals surface area contributed by atoms with Crippen LogP contribution in [0.1, 0.15) is 36.1 Å². The summed E-state index contributed by atoms with van der Waals surface area (Å²) in [6, 6.07) is 17.8. The van der Waals surface area contributed by atoms with Gasteiger partial charge in [0.05, 0.1) is 11.8 Å². The van der Waals surface area contributed by atoms with Crippen molar-refractivity contribution < 1.29 is 19.8 Å². The fraction of sp³-hybridized carbons (Fsp3) is 0.320. The Labute approximate surface area is 183 Å². The highest BCUT2D eigenvalue weighted by Crippen LogP contribution is 2.25. The number of aliphatic carboxylic acids is 2. The molecule has 1 aliphatic heterocycles. The lowest BCUT2D eigenvalue weighted by atomic mass is 9.89. The van der Waals surface area contributed by atoms with Crippen molar-refractivity contribution in [3.05, 3.63) is 82.9 Å². The molecule has 6 heteroatoms. The molecule has 2 N–H and O–H groups in total. The Morgan fingerprint density at radius 3 is 2.19 bits per heavy atom. The molecule has 0 aliphatic carbocycles. The normalized spacial score (nSPS) is 15.1. The Bertz CT molecular complexity index is 931. The fourth-order valence-electron chi connectivity index (χ4n) is 3.49. The van der Waals surface area contributed by atoms with Gasteiger partial charge in [-0.2, -0.15) is 0 Å². The van der Waals surface area contributed by atoms with E-state index >= 15 is 0 Å². The van der Waals surface area contributed by atoms with Crippen LogP contribution in [-0.4, -0.2) is 58.4 Å². The smallest absolute Gasteiger partial charge is 0.328 e. The minimum Gasteiger partial charge on any atom is -0.478 e. The first kappa shape index (κ1) is 24.0. The lowest BCUT2D eigenvalue weighted by molar-refractivity contribution is -0.134. The lowest BCUT2D eigenvalue weighted by Crippen LogP contribution is -2.35. The predicted molar refractivity (Wildman–Crippen MR) is 123 cm³/mol. The average Bonchev–Trinajstić information content (AvgIpc) is 2.76. The highest BCUT2D eigenvalue weighted by atomic mass is 16.4. The van der Waals surface area contributed by atoms with Crippen LogP contribution in [0.4, 0.5) is 0 Å². The van der Waals surface area contributed by atoms with Gasteiger partial charge in [-0.05, 0) is 38.1 Å². The quantitative estimate of drug-likeness (QED) is 0.662. The number of carbonyl (C=O) groups is 2. The summed E-state index contributed by atoms with van der Waals surface area (Å²) >= 11 is 0. The monoisotopic (exact) mass is 422 g/mol. The predicted octanol–water partition coefficient (Wildman–Crippen LogP) is 3.81. The molecule has 0 bridgehead atoms. The first-order valence-electron chi connectivity index (χ1n) is 10.4. The van der Waals surface area contributed by atoms with Crippen LogP contribution in [-0.2, 0) is 16.0 Å². The van der Waals surface area contributed by atoms with E-state index in [4.69, 9.17) is 15.2 Å². The molecular weight excluding hydrogens is 392 g/mol. The van der Waals surface area contributed by atoms with Crippen molar-refractivity contribution in [1.29, 1.82) is 0 Å². The molecule has 1 atom stereocenters. The molecule has 31 heavy (non-hydrogen) atoms. The van der Waals surface area contributed by atoms with Crippen LogP contribution in [0, 0.1) is 6.92 Å². The second-order valence-corrected chi connectivity index (χ2v) is 7.36. The largest absolute Gasteiger partial charge is 0.478 e. The molecule has 0 spiro atoms. The molecule has 0 saturated carbocycles. The van der Waals surface area contributed by atoms with E-state index in [1.54, 1.807) is 0 Å². The number of aryl methyl sites for hydroxylation is 1. The van der Waals surface area contributed by atoms with Crippen molar-refractivity contribution in [2.45, 2.75) is 33.2 Å². The number of carboxylic acid groups (broad SMARTS) is 2. The number of hydrogen-bond donors (Lipinski definition) is 2. The van der Waals surface area contributed by atoms with E-state index in [1.165, 1.54) is 22.3 Å². The van der Waals surface area contributed by atoms with Gasteiger partial charge in [-0.25, -0.2) is 9.59 Å². The van der Waals surface area contributed by atoms with Gasteiger partial charge in [0.2, 0.25) is 0 Å². The molecule has 1 unspecified atom stereocenters. The minimum atomic E-state index is -1.26. The summed E-state index contributed by atoms with van der Waals surface area (Å²) in [5.74, 6) is -2.51. The number of benzene rings is 2. The van der Waals surface area contributed by atoms with E-state index in [-0.39, 0.29) is 0 Å². The molecule has 1 aliphatic rings. The molecule has 6 nitrogen and oxygen atoms in total. The highest BCUT2D eigenvalue weighted by Gasteiger charge is 2.23. The SMILES string of the molecule is CCN(CC)CC1Cc2ccc(C)cc2C(c2ccccc2)=N1.O=C(O)/C=C\C(=O)O. The molecule has 0 aromatic heterocycles. The number of carboxylic acids is 2. The summed E-state index contributed by atoms with van der Waals surface area (Å²) in [4.78, 5) is 26.7. The van der Waals surface area contributed by atoms with Crippen molar-refractivity contribution in [3.63, 3.8) is 0 Å². The van der Waals surface area contributed by atoms with Crippen LogP contribution in [0.3, 0.4) is 0 Å². The van der Waals surface area contributed by atoms with E-state index in [0.29, 0.717) is 18.2 Å². The summed E-state index contributed by atoms with van der Waals surface area (Å²) in [5, 5.41) is 15.6. The molecular formula is C25H30N2O4. The van der Waals surface area contributed by atoms with E-state index in [1.807, 2.05) is 0 Å². The number of rotatable bonds is 7. The fourth-order valence-corrected chi connectivity index (χ4v) is 3.49. The summed E-state index contributed by atoms with van der Waals surface area (Å²) in [6.07, 6.45) is 2.16. The third-order valence-corrected chi connectivity index (χ3v) is 5.07. The van der Waals surface area contributed by atoms with Crippen LogP contribution in [0.25, 0.3) is 0 Å². The van der Waals surface area contributed by atoms with E-state index in [0.717, 1.165) is 31.8 Å². The number of nitrogens with zero attached hydrogens (tertiary/aromatic N) is 2. The van der Waals surface area contributed by atoms with Crippen molar-refractivity contribution in [1.82, 2.24) is 4.90 Å². The Hall–Kier alpha value is -3.25. The van der Waals surface area contributed by atoms with Gasteiger partial charge < -0.3 is 15.1 Å². The number of fused-ring (bicyclic) bond motifs is 1. The molecule has 3 rings (SSSR count). The van der Waals surface area contributed by atoms with Gasteiger partial charge in [0, 0.05) is 29.8 Å². The van der Waals surface area contributed by atoms with Gasteiger partial charge in [-0.3, -0.25) is 4.99 Å². The molecule has 0 saturated heterocycles. The molecule has 2 aromatic rings. The zero-order chi connectivity index (χ0) is 22.8. The van der Waals surface area contributed by atoms with Gasteiger partial charge in [0.25, 0.3) is 0 Å². The lowest BCUT2D eigenvalue weighted by Gasteiger charge is -2.28. The molecule has 0 radical (unpaired) electrons. The highest BCUT2D eigenvalue weighted by molar-refractivity contribution is 6.14. The maximum atomic E-state index is 9.55. The number of hydrogen-bond acceptors (Lipinski definition) is 4. The standard InChI is InChI=1S/C21H26N2.C4H4O4/c1-4-23(5-2)15-19-14-18-12-11-16(3)13-20(18)21(22-19)17-9-7-6-8-10-17;5-3(6)1-2-4(7)8/h6-13,19H,4-5,14-15H2,1-3H3;1-2H,(H,5,6)(H,7,8)/b;2-1-. The number of aliphatic imine (C=N–C) groups is 1. The van der Waals surface area contributed by atoms with Crippen LogP contribution in [0.5, 0.6) is 0 Å². The summed E-state index contributed by atoms with van der Waals surface area (Å²) in [6.45, 7) is 9.83. The molecule has 2 aromatic carbocycles. The Kier molecular flexibility index (Phi) is 9.15. The maximum Gasteiger partial charge on any atom is 0.328 e. The van der Waals surface area contributed by atoms with Crippen molar-refractivity contribution in [2.24, 2.45) is 4.99 Å². The summed E-state index contributed by atoms with van der Waals surface area (Å²) < 4.78 is 0. The van der Waals surface area contributed by atoms with Crippen LogP contribution >= 0.6 is 0 Å². The van der Waals surface area contributed by atoms with Gasteiger partial charge >= 0.3 is 11.9 Å². The second-order valence-electron chi connectivity index (χ2n) is 7.36. The van der Waals surface area contributed by atoms with Crippen LogP contribution in [0.15, 0.2) is 65.7 Å². The zero-order valence-corrected chi connectivity index (χ0v) is 18.3. The van der Waals surface area contributed by atoms with Crippen LogP contribution in [0.2, 0.25) is 0 Å². The van der Waals surface area contributed by atoms with Gasteiger partial charge in [0.15, 0.2) is 0 Å². The summed E-state index contributed by atoms with van der Waals surface area (Å²) in [5.41, 5.74) is 6.43. The third kappa shape index (κ3) is 7.50. The first-order chi connectivity index (χ1) is 14.8. The van der Waals surface area contributed by atoms with Gasteiger partial charge in [-0.15, -0.1) is 0 Å². The summed E-state index contributed by atoms with van der Waals surface area (Å²) in [7, 11) is 0. The van der Waals surface area contributed by atoms with E-state index in [2.05, 4.69) is 74.2 Å². The van der Waals surface area contributed by atoms with E-state index in [9.17, 15) is 9.59 Å². The maximum absolute atomic E-state index is 9.55. The van der Waals surface area contributed by atoms with Crippen LogP contribution < -0.4 is 0 Å². The van der Waals surface area contributed by atoms with Gasteiger partial charge in [0.1, 0.15) is 0 Å². The number of likely N-dealkylation sites (N-methyl/N-ethyl adjacent to an activating group) is 1. The average molecular weight is 423 g/mol. The second kappa shape index (κ2) is 11.8. The Balaban J connectivity index is 0.000000366.